The number of nitrogens with zero attached hydrogens (tertiary/aromatic N) is 2. The molecule has 1 aromatic carbocycles. The molecule has 3 rings (SSSR count). The summed E-state index contributed by atoms with van der Waals surface area (Å²) in [5.41, 5.74) is 0.475. The standard InChI is InChI=1S/C18H16N2O5S/c1-2-25-12-7-5-11(6-8-12)20-15(21)10-14(17(20)22)26-16-13(18(23)24)4-3-9-19-16/h3-9,14H,2,10H2,1H3,(H,23,24). The van der Waals surface area contributed by atoms with E-state index in [1.807, 2.05) is 6.92 Å². The number of benzene rings is 1. The summed E-state index contributed by atoms with van der Waals surface area (Å²) in [5, 5.41) is 8.75. The minimum atomic E-state index is -1.12. The summed E-state index contributed by atoms with van der Waals surface area (Å²) in [6.07, 6.45) is 1.45. The van der Waals surface area contributed by atoms with Crippen molar-refractivity contribution in [3.8, 4) is 5.75 Å². The maximum Gasteiger partial charge on any atom is 0.338 e. The van der Waals surface area contributed by atoms with Gasteiger partial charge in [0.15, 0.2) is 0 Å². The van der Waals surface area contributed by atoms with E-state index in [1.165, 1.54) is 18.3 Å². The number of thioether (sulfide) groups is 1. The number of carboxylic acids is 1. The van der Waals surface area contributed by atoms with E-state index >= 15 is 0 Å². The van der Waals surface area contributed by atoms with Crippen molar-refractivity contribution in [1.82, 2.24) is 4.98 Å². The highest BCUT2D eigenvalue weighted by atomic mass is 32.2. The molecule has 0 saturated carbocycles. The van der Waals surface area contributed by atoms with E-state index in [2.05, 4.69) is 4.98 Å². The van der Waals surface area contributed by atoms with Gasteiger partial charge in [0.25, 0.3) is 0 Å². The van der Waals surface area contributed by atoms with Crippen LogP contribution in [0.5, 0.6) is 5.75 Å². The Hall–Kier alpha value is -2.87. The normalized spacial score (nSPS) is 16.8. The van der Waals surface area contributed by atoms with Crippen LogP contribution in [0.15, 0.2) is 47.6 Å². The molecule has 1 aliphatic heterocycles. The molecular formula is C18H16N2O5S. The zero-order chi connectivity index (χ0) is 18.7. The topological polar surface area (TPSA) is 96.8 Å². The van der Waals surface area contributed by atoms with Crippen LogP contribution in [0.4, 0.5) is 5.69 Å². The fourth-order valence-corrected chi connectivity index (χ4v) is 3.71. The predicted molar refractivity (Wildman–Crippen MR) is 95.6 cm³/mol. The van der Waals surface area contributed by atoms with Gasteiger partial charge in [-0.15, -0.1) is 0 Å². The maximum atomic E-state index is 12.7. The van der Waals surface area contributed by atoms with E-state index < -0.39 is 11.2 Å². The van der Waals surface area contributed by atoms with Crippen molar-refractivity contribution in [3.05, 3.63) is 48.2 Å². The minimum Gasteiger partial charge on any atom is -0.494 e. The maximum absolute atomic E-state index is 12.7. The lowest BCUT2D eigenvalue weighted by Gasteiger charge is -2.15. The summed E-state index contributed by atoms with van der Waals surface area (Å²) in [6.45, 7) is 2.39. The van der Waals surface area contributed by atoms with Crippen molar-refractivity contribution in [2.75, 3.05) is 11.5 Å². The Morgan fingerprint density at radius 2 is 2.04 bits per heavy atom. The van der Waals surface area contributed by atoms with Gasteiger partial charge in [0.1, 0.15) is 10.8 Å². The van der Waals surface area contributed by atoms with Gasteiger partial charge in [0, 0.05) is 12.6 Å². The Morgan fingerprint density at radius 1 is 1.31 bits per heavy atom. The van der Waals surface area contributed by atoms with Crippen LogP contribution in [0.25, 0.3) is 0 Å². The van der Waals surface area contributed by atoms with Gasteiger partial charge in [-0.3, -0.25) is 9.59 Å². The van der Waals surface area contributed by atoms with Crippen LogP contribution < -0.4 is 9.64 Å². The number of hydrogen-bond donors (Lipinski definition) is 1. The van der Waals surface area contributed by atoms with Crippen molar-refractivity contribution in [1.29, 1.82) is 0 Å². The highest BCUT2D eigenvalue weighted by Crippen LogP contribution is 2.34. The molecule has 2 aromatic rings. The number of hydrogen-bond acceptors (Lipinski definition) is 6. The van der Waals surface area contributed by atoms with Crippen molar-refractivity contribution in [3.63, 3.8) is 0 Å². The van der Waals surface area contributed by atoms with Gasteiger partial charge in [-0.2, -0.15) is 0 Å². The van der Waals surface area contributed by atoms with Gasteiger partial charge in [0.2, 0.25) is 11.8 Å². The Kier molecular flexibility index (Phi) is 5.22. The van der Waals surface area contributed by atoms with Crippen LogP contribution in [0.2, 0.25) is 0 Å². The number of carbonyl (C=O) groups excluding carboxylic acids is 2. The second-order valence-electron chi connectivity index (χ2n) is 5.47. The number of ether oxygens (including phenoxy) is 1. The summed E-state index contributed by atoms with van der Waals surface area (Å²) in [6, 6.07) is 9.63. The third-order valence-electron chi connectivity index (χ3n) is 3.77. The minimum absolute atomic E-state index is 0.00759. The molecule has 0 spiro atoms. The lowest BCUT2D eigenvalue weighted by atomic mass is 10.3. The molecule has 0 radical (unpaired) electrons. The smallest absolute Gasteiger partial charge is 0.338 e. The lowest BCUT2D eigenvalue weighted by Crippen LogP contribution is -2.31. The highest BCUT2D eigenvalue weighted by Gasteiger charge is 2.40. The largest absolute Gasteiger partial charge is 0.494 e. The summed E-state index contributed by atoms with van der Waals surface area (Å²) < 4.78 is 5.36. The Bertz CT molecular complexity index is 853. The van der Waals surface area contributed by atoms with E-state index in [1.54, 1.807) is 24.3 Å². The molecule has 134 valence electrons. The number of carbonyl (C=O) groups is 3. The van der Waals surface area contributed by atoms with Gasteiger partial charge < -0.3 is 9.84 Å². The Balaban J connectivity index is 1.80. The molecule has 2 amide bonds. The van der Waals surface area contributed by atoms with Crippen molar-refractivity contribution >= 4 is 35.2 Å². The third-order valence-corrected chi connectivity index (χ3v) is 4.97. The van der Waals surface area contributed by atoms with E-state index in [0.29, 0.717) is 18.0 Å². The molecule has 8 heteroatoms. The monoisotopic (exact) mass is 372 g/mol. The van der Waals surface area contributed by atoms with Gasteiger partial charge in [-0.05, 0) is 43.3 Å². The Morgan fingerprint density at radius 3 is 2.69 bits per heavy atom. The van der Waals surface area contributed by atoms with E-state index in [4.69, 9.17) is 4.74 Å². The number of pyridine rings is 1. The first-order valence-electron chi connectivity index (χ1n) is 7.96. The van der Waals surface area contributed by atoms with Gasteiger partial charge in [0.05, 0.1) is 23.1 Å². The van der Waals surface area contributed by atoms with Crippen LogP contribution >= 0.6 is 11.8 Å². The summed E-state index contributed by atoms with van der Waals surface area (Å²) in [7, 11) is 0. The second-order valence-corrected chi connectivity index (χ2v) is 6.66. The molecule has 1 atom stereocenters. The number of carboxylic acid groups (broad SMARTS) is 1. The Labute approximate surface area is 154 Å². The number of imide groups is 1. The van der Waals surface area contributed by atoms with E-state index in [0.717, 1.165) is 16.7 Å². The van der Waals surface area contributed by atoms with Gasteiger partial charge in [-0.25, -0.2) is 14.7 Å². The SMILES string of the molecule is CCOc1ccc(N2C(=O)CC(Sc3ncccc3C(=O)O)C2=O)cc1. The second kappa shape index (κ2) is 7.57. The summed E-state index contributed by atoms with van der Waals surface area (Å²) >= 11 is 0.999. The first-order valence-corrected chi connectivity index (χ1v) is 8.84. The first kappa shape index (κ1) is 17.9. The highest BCUT2D eigenvalue weighted by molar-refractivity contribution is 8.00. The first-order chi connectivity index (χ1) is 12.5. The average Bonchev–Trinajstić information content (AvgIpc) is 2.90. The molecule has 1 N–H and O–H groups in total. The molecule has 7 nitrogen and oxygen atoms in total. The van der Waals surface area contributed by atoms with Gasteiger partial charge in [-0.1, -0.05) is 11.8 Å². The lowest BCUT2D eigenvalue weighted by molar-refractivity contribution is -0.121. The van der Waals surface area contributed by atoms with E-state index in [9.17, 15) is 19.5 Å². The van der Waals surface area contributed by atoms with Crippen molar-refractivity contribution in [2.45, 2.75) is 23.6 Å². The zero-order valence-electron chi connectivity index (χ0n) is 13.9. The zero-order valence-corrected chi connectivity index (χ0v) is 14.7. The molecule has 1 unspecified atom stereocenters. The molecule has 0 bridgehead atoms. The molecule has 1 saturated heterocycles. The summed E-state index contributed by atoms with van der Waals surface area (Å²) in [4.78, 5) is 41.5. The molecule has 1 aliphatic rings. The fourth-order valence-electron chi connectivity index (χ4n) is 2.61. The molecule has 1 aromatic heterocycles. The molecular weight excluding hydrogens is 356 g/mol. The average molecular weight is 372 g/mol. The van der Waals surface area contributed by atoms with Gasteiger partial charge >= 0.3 is 5.97 Å². The number of rotatable bonds is 6. The quantitative estimate of drug-likeness (QED) is 0.779. The van der Waals surface area contributed by atoms with Crippen LogP contribution in [0.3, 0.4) is 0 Å². The molecule has 1 fully saturated rings. The number of anilines is 1. The van der Waals surface area contributed by atoms with Crippen LogP contribution in [-0.2, 0) is 9.59 Å². The van der Waals surface area contributed by atoms with Crippen LogP contribution in [0, 0.1) is 0 Å². The molecule has 0 aliphatic carbocycles. The summed E-state index contributed by atoms with van der Waals surface area (Å²) in [5.74, 6) is -1.18. The van der Waals surface area contributed by atoms with Crippen LogP contribution in [-0.4, -0.2) is 39.7 Å². The van der Waals surface area contributed by atoms with Crippen molar-refractivity contribution < 1.29 is 24.2 Å². The molecule has 26 heavy (non-hydrogen) atoms. The number of aromatic nitrogens is 1. The van der Waals surface area contributed by atoms with E-state index in [-0.39, 0.29) is 28.8 Å². The third kappa shape index (κ3) is 3.55. The molecule has 2 heterocycles. The fraction of sp³-hybridized carbons (Fsp3) is 0.222. The number of amides is 2. The number of aromatic carboxylic acids is 1. The van der Waals surface area contributed by atoms with Crippen LogP contribution in [0.1, 0.15) is 23.7 Å². The van der Waals surface area contributed by atoms with Crippen molar-refractivity contribution in [2.24, 2.45) is 0 Å². The predicted octanol–water partition coefficient (Wildman–Crippen LogP) is 2.60.